The molecule has 0 saturated carbocycles. The molecule has 1 aliphatic rings. The molecule has 0 radical (unpaired) electrons. The standard InChI is InChI=1S/C11H13BrClFN2O2S2/c12-9-7(13)3-8(10(14)11(9)15)20(17,18)16-4-6-1-2-19-5-6/h3,6,16H,1-2,4-5,15H2. The van der Waals surface area contributed by atoms with Gasteiger partial charge in [-0.25, -0.2) is 17.5 Å². The number of rotatable bonds is 4. The minimum atomic E-state index is -3.96. The van der Waals surface area contributed by atoms with Crippen molar-refractivity contribution in [2.45, 2.75) is 11.3 Å². The van der Waals surface area contributed by atoms with Crippen LogP contribution in [0.15, 0.2) is 15.4 Å². The summed E-state index contributed by atoms with van der Waals surface area (Å²) in [5, 5.41) is 0.0562. The third-order valence-corrected chi connectivity index (χ3v) is 7.07. The van der Waals surface area contributed by atoms with E-state index in [1.807, 2.05) is 0 Å². The van der Waals surface area contributed by atoms with Crippen molar-refractivity contribution in [1.29, 1.82) is 0 Å². The summed E-state index contributed by atoms with van der Waals surface area (Å²) in [6, 6.07) is 1.06. The van der Waals surface area contributed by atoms with Crippen LogP contribution < -0.4 is 10.5 Å². The quantitative estimate of drug-likeness (QED) is 0.599. The first-order valence-corrected chi connectivity index (χ1v) is 9.64. The van der Waals surface area contributed by atoms with Crippen LogP contribution in [0.1, 0.15) is 6.42 Å². The highest BCUT2D eigenvalue weighted by molar-refractivity contribution is 9.10. The summed E-state index contributed by atoms with van der Waals surface area (Å²) in [6.45, 7) is 0.294. The fourth-order valence-corrected chi connectivity index (χ4v) is 4.92. The number of nitrogens with two attached hydrogens (primary N) is 1. The lowest BCUT2D eigenvalue weighted by Gasteiger charge is -2.13. The Morgan fingerprint density at radius 3 is 2.90 bits per heavy atom. The lowest BCUT2D eigenvalue weighted by atomic mass is 10.1. The van der Waals surface area contributed by atoms with Crippen LogP contribution in [0.3, 0.4) is 0 Å². The highest BCUT2D eigenvalue weighted by atomic mass is 79.9. The number of thioether (sulfide) groups is 1. The number of benzene rings is 1. The largest absolute Gasteiger partial charge is 0.395 e. The molecule has 1 aliphatic heterocycles. The number of halogens is 3. The van der Waals surface area contributed by atoms with E-state index in [4.69, 9.17) is 17.3 Å². The molecule has 3 N–H and O–H groups in total. The van der Waals surface area contributed by atoms with Gasteiger partial charge in [-0.3, -0.25) is 0 Å². The minimum Gasteiger partial charge on any atom is -0.395 e. The summed E-state index contributed by atoms with van der Waals surface area (Å²) >= 11 is 10.6. The highest BCUT2D eigenvalue weighted by Crippen LogP contribution is 2.34. The molecule has 0 aromatic heterocycles. The lowest BCUT2D eigenvalue weighted by molar-refractivity contribution is 0.535. The van der Waals surface area contributed by atoms with E-state index in [-0.39, 0.29) is 21.1 Å². The molecular formula is C11H13BrClFN2O2S2. The molecule has 1 atom stereocenters. The van der Waals surface area contributed by atoms with Gasteiger partial charge in [0, 0.05) is 6.54 Å². The summed E-state index contributed by atoms with van der Waals surface area (Å²) < 4.78 is 40.9. The van der Waals surface area contributed by atoms with Crippen LogP contribution in [-0.4, -0.2) is 26.5 Å². The molecule has 2 rings (SSSR count). The van der Waals surface area contributed by atoms with Crippen molar-refractivity contribution in [3.63, 3.8) is 0 Å². The molecule has 1 aromatic rings. The molecule has 1 saturated heterocycles. The Morgan fingerprint density at radius 1 is 1.60 bits per heavy atom. The fraction of sp³-hybridized carbons (Fsp3) is 0.455. The number of sulfonamides is 1. The first-order valence-electron chi connectivity index (χ1n) is 5.83. The Balaban J connectivity index is 2.25. The van der Waals surface area contributed by atoms with Crippen LogP contribution >= 0.6 is 39.3 Å². The molecule has 20 heavy (non-hydrogen) atoms. The van der Waals surface area contributed by atoms with Crippen LogP contribution in [0.2, 0.25) is 5.02 Å². The molecule has 9 heteroatoms. The zero-order valence-electron chi connectivity index (χ0n) is 10.3. The van der Waals surface area contributed by atoms with E-state index >= 15 is 0 Å². The van der Waals surface area contributed by atoms with Gasteiger partial charge in [-0.2, -0.15) is 11.8 Å². The molecule has 1 aromatic carbocycles. The third-order valence-electron chi connectivity index (χ3n) is 3.03. The molecule has 112 valence electrons. The molecule has 1 unspecified atom stereocenters. The second-order valence-corrected chi connectivity index (χ2v) is 8.57. The number of hydrogen-bond donors (Lipinski definition) is 2. The van der Waals surface area contributed by atoms with E-state index < -0.39 is 20.7 Å². The van der Waals surface area contributed by atoms with E-state index in [9.17, 15) is 12.8 Å². The number of nitrogen functional groups attached to an aromatic ring is 1. The predicted octanol–water partition coefficient (Wildman–Crippen LogP) is 2.86. The van der Waals surface area contributed by atoms with E-state index in [1.165, 1.54) is 0 Å². The van der Waals surface area contributed by atoms with E-state index in [0.717, 1.165) is 24.0 Å². The summed E-state index contributed by atoms with van der Waals surface area (Å²) in [6.07, 6.45) is 0.957. The van der Waals surface area contributed by atoms with Crippen molar-refractivity contribution < 1.29 is 12.8 Å². The van der Waals surface area contributed by atoms with Gasteiger partial charge in [0.05, 0.1) is 15.2 Å². The molecule has 4 nitrogen and oxygen atoms in total. The van der Waals surface area contributed by atoms with E-state index in [2.05, 4.69) is 20.7 Å². The Labute approximate surface area is 134 Å². The smallest absolute Gasteiger partial charge is 0.243 e. The van der Waals surface area contributed by atoms with Gasteiger partial charge in [-0.1, -0.05) is 11.6 Å². The van der Waals surface area contributed by atoms with Crippen LogP contribution in [-0.2, 0) is 10.0 Å². The predicted molar refractivity (Wildman–Crippen MR) is 84.1 cm³/mol. The fourth-order valence-electron chi connectivity index (χ4n) is 1.84. The molecule has 0 spiro atoms. The SMILES string of the molecule is Nc1c(F)c(S(=O)(=O)NCC2CCSC2)cc(Cl)c1Br. The van der Waals surface area contributed by atoms with E-state index in [0.29, 0.717) is 6.54 Å². The lowest BCUT2D eigenvalue weighted by Crippen LogP contribution is -2.30. The van der Waals surface area contributed by atoms with Crippen molar-refractivity contribution in [2.24, 2.45) is 5.92 Å². The Kier molecular flexibility index (Phi) is 5.23. The topological polar surface area (TPSA) is 72.2 Å². The molecule has 1 fully saturated rings. The molecular weight excluding hydrogens is 391 g/mol. The van der Waals surface area contributed by atoms with Crippen LogP contribution in [0.25, 0.3) is 0 Å². The van der Waals surface area contributed by atoms with Gasteiger partial charge >= 0.3 is 0 Å². The van der Waals surface area contributed by atoms with E-state index in [1.54, 1.807) is 11.8 Å². The van der Waals surface area contributed by atoms with Crippen molar-refractivity contribution in [3.05, 3.63) is 21.4 Å². The van der Waals surface area contributed by atoms with Crippen LogP contribution in [0, 0.1) is 11.7 Å². The Hall–Kier alpha value is -0.0200. The van der Waals surface area contributed by atoms with Gasteiger partial charge in [0.2, 0.25) is 10.0 Å². The first kappa shape index (κ1) is 16.4. The maximum Gasteiger partial charge on any atom is 0.243 e. The van der Waals surface area contributed by atoms with Crippen molar-refractivity contribution in [3.8, 4) is 0 Å². The number of nitrogens with one attached hydrogen (secondary N) is 1. The van der Waals surface area contributed by atoms with Gasteiger partial charge in [-0.05, 0) is 45.8 Å². The van der Waals surface area contributed by atoms with Crippen molar-refractivity contribution >= 4 is 55.0 Å². The molecule has 0 bridgehead atoms. The summed E-state index contributed by atoms with van der Waals surface area (Å²) in [5.74, 6) is 1.22. The third kappa shape index (κ3) is 3.41. The van der Waals surface area contributed by atoms with Gasteiger partial charge in [-0.15, -0.1) is 0 Å². The maximum atomic E-state index is 14.0. The van der Waals surface area contributed by atoms with Crippen molar-refractivity contribution in [2.75, 3.05) is 23.8 Å². The maximum absolute atomic E-state index is 14.0. The summed E-state index contributed by atoms with van der Waals surface area (Å²) in [4.78, 5) is -0.520. The minimum absolute atomic E-state index is 0.0562. The average Bonchev–Trinajstić information content (AvgIpc) is 2.91. The summed E-state index contributed by atoms with van der Waals surface area (Å²) in [5.41, 5.74) is 5.19. The zero-order chi connectivity index (χ0) is 14.9. The van der Waals surface area contributed by atoms with Crippen molar-refractivity contribution in [1.82, 2.24) is 4.72 Å². The second-order valence-electron chi connectivity index (χ2n) is 4.48. The molecule has 1 heterocycles. The van der Waals surface area contributed by atoms with Gasteiger partial charge in [0.1, 0.15) is 4.90 Å². The van der Waals surface area contributed by atoms with Crippen LogP contribution in [0.4, 0.5) is 10.1 Å². The average molecular weight is 404 g/mol. The Bertz CT molecular complexity index is 621. The monoisotopic (exact) mass is 402 g/mol. The first-order chi connectivity index (χ1) is 9.33. The van der Waals surface area contributed by atoms with Gasteiger partial charge < -0.3 is 5.73 Å². The zero-order valence-corrected chi connectivity index (χ0v) is 14.3. The van der Waals surface area contributed by atoms with Gasteiger partial charge in [0.25, 0.3) is 0 Å². The Morgan fingerprint density at radius 2 is 2.30 bits per heavy atom. The second kappa shape index (κ2) is 6.39. The summed E-state index contributed by atoms with van der Waals surface area (Å²) in [7, 11) is -3.96. The normalized spacial score (nSPS) is 19.4. The molecule has 0 amide bonds. The number of anilines is 1. The highest BCUT2D eigenvalue weighted by Gasteiger charge is 2.25. The van der Waals surface area contributed by atoms with Crippen LogP contribution in [0.5, 0.6) is 0 Å². The number of hydrogen-bond acceptors (Lipinski definition) is 4. The van der Waals surface area contributed by atoms with Gasteiger partial charge in [0.15, 0.2) is 5.82 Å². The molecule has 0 aliphatic carbocycles.